The van der Waals surface area contributed by atoms with Crippen LogP contribution in [-0.2, 0) is 0 Å². The van der Waals surface area contributed by atoms with E-state index >= 15 is 0 Å². The van der Waals surface area contributed by atoms with Crippen molar-refractivity contribution in [1.82, 2.24) is 9.13 Å². The Hall–Kier alpha value is -10.7. The molecule has 0 aliphatic heterocycles. The Morgan fingerprint density at radius 1 is 0.329 bits per heavy atom. The van der Waals surface area contributed by atoms with Crippen LogP contribution in [0.4, 0.5) is 0 Å². The van der Waals surface area contributed by atoms with Crippen molar-refractivity contribution in [3.05, 3.63) is 242 Å². The number of thiophene rings is 2. The van der Waals surface area contributed by atoms with Gasteiger partial charge in [0.05, 0.1) is 54.0 Å². The van der Waals surface area contributed by atoms with Gasteiger partial charge in [0, 0.05) is 79.6 Å². The third kappa shape index (κ3) is 6.14. The molecule has 0 aliphatic carbocycles. The lowest BCUT2D eigenvalue weighted by atomic mass is 9.93. The molecule has 0 atom stereocenters. The maximum Gasteiger partial charge on any atom is 0.136 e. The van der Waals surface area contributed by atoms with Gasteiger partial charge in [-0.3, -0.25) is 0 Å². The molecule has 0 radical (unpaired) electrons. The van der Waals surface area contributed by atoms with Crippen LogP contribution < -0.4 is 0 Å². The van der Waals surface area contributed by atoms with Crippen molar-refractivity contribution in [2.45, 2.75) is 0 Å². The van der Waals surface area contributed by atoms with Crippen molar-refractivity contribution in [3.63, 3.8) is 0 Å². The number of benzene rings is 12. The summed E-state index contributed by atoms with van der Waals surface area (Å²) in [5.41, 5.74) is 15.1. The monoisotopic (exact) mass is 1080 g/mol. The van der Waals surface area contributed by atoms with Gasteiger partial charge in [0.15, 0.2) is 0 Å². The fourth-order valence-corrected chi connectivity index (χ4v) is 16.0. The number of nitriles is 2. The molecule has 6 aromatic heterocycles. The minimum Gasteiger partial charge on any atom is -0.456 e. The molecule has 6 nitrogen and oxygen atoms in total. The van der Waals surface area contributed by atoms with E-state index in [0.29, 0.717) is 22.5 Å². The molecule has 0 saturated heterocycles. The summed E-state index contributed by atoms with van der Waals surface area (Å²) in [6, 6.07) is 86.5. The predicted octanol–water partition coefficient (Wildman–Crippen LogP) is 21.2. The molecular weight excluding hydrogens is 1040 g/mol. The largest absolute Gasteiger partial charge is 0.456 e. The van der Waals surface area contributed by atoms with Crippen molar-refractivity contribution >= 4 is 151 Å². The molecule has 0 spiro atoms. The summed E-state index contributed by atoms with van der Waals surface area (Å²) in [6.07, 6.45) is 0. The van der Waals surface area contributed by atoms with Gasteiger partial charge in [0.25, 0.3) is 0 Å². The van der Waals surface area contributed by atoms with Gasteiger partial charge in [0.1, 0.15) is 34.5 Å². The maximum absolute atomic E-state index is 11.9. The molecule has 18 rings (SSSR count). The molecule has 0 unspecified atom stereocenters. The Balaban J connectivity index is 1.04. The SMILES string of the molecule is N#Cc1cc(C#N)c(-n2c3cc(-c4cccc5oc6ccccc6c45)ccc3c3ccc4c5ccccc5sc4c32)c(-c2ccccc2)c1-n1c2cc(-c3cccc4oc5ccccc5c34)ccc2c2ccc3c4ccccc4sc3c21. The van der Waals surface area contributed by atoms with Crippen LogP contribution in [0.2, 0.25) is 0 Å². The summed E-state index contributed by atoms with van der Waals surface area (Å²) in [5.74, 6) is 0. The highest BCUT2D eigenvalue weighted by atomic mass is 32.1. The number of nitrogens with zero attached hydrogens (tertiary/aromatic N) is 4. The first-order valence-electron chi connectivity index (χ1n) is 27.3. The van der Waals surface area contributed by atoms with E-state index in [4.69, 9.17) is 8.83 Å². The second-order valence-electron chi connectivity index (χ2n) is 21.2. The van der Waals surface area contributed by atoms with Gasteiger partial charge in [-0.15, -0.1) is 22.7 Å². The van der Waals surface area contributed by atoms with Crippen molar-refractivity contribution < 1.29 is 8.83 Å². The molecular formula is C74H38N4O2S2. The number of aromatic nitrogens is 2. The van der Waals surface area contributed by atoms with Crippen molar-refractivity contribution in [3.8, 4) is 56.9 Å². The lowest BCUT2D eigenvalue weighted by Crippen LogP contribution is -2.09. The number of para-hydroxylation sites is 2. The van der Waals surface area contributed by atoms with Crippen molar-refractivity contribution in [2.24, 2.45) is 0 Å². The van der Waals surface area contributed by atoms with Crippen LogP contribution in [0.5, 0.6) is 0 Å². The van der Waals surface area contributed by atoms with E-state index in [1.165, 1.54) is 20.2 Å². The molecule has 6 heterocycles. The highest BCUT2D eigenvalue weighted by molar-refractivity contribution is 7.27. The molecule has 0 fully saturated rings. The normalized spacial score (nSPS) is 12.1. The number of hydrogen-bond donors (Lipinski definition) is 0. The molecule has 0 saturated carbocycles. The van der Waals surface area contributed by atoms with Gasteiger partial charge in [-0.25, -0.2) is 0 Å². The molecule has 378 valence electrons. The van der Waals surface area contributed by atoms with Crippen LogP contribution in [0, 0.1) is 22.7 Å². The van der Waals surface area contributed by atoms with E-state index in [1.54, 1.807) is 22.7 Å². The smallest absolute Gasteiger partial charge is 0.136 e. The average molecular weight is 1080 g/mol. The number of fused-ring (bicyclic) bond motifs is 20. The second kappa shape index (κ2) is 16.9. The zero-order chi connectivity index (χ0) is 53.9. The molecule has 0 bridgehead atoms. The Kier molecular flexibility index (Phi) is 9.30. The van der Waals surface area contributed by atoms with Crippen LogP contribution in [0.25, 0.3) is 173 Å². The summed E-state index contributed by atoms with van der Waals surface area (Å²) in [7, 11) is 0. The van der Waals surface area contributed by atoms with E-state index in [2.05, 4.69) is 203 Å². The molecule has 12 aromatic carbocycles. The van der Waals surface area contributed by atoms with E-state index in [-0.39, 0.29) is 0 Å². The van der Waals surface area contributed by atoms with Crippen LogP contribution in [-0.4, -0.2) is 9.13 Å². The topological polar surface area (TPSA) is 83.7 Å². The molecule has 0 N–H and O–H groups in total. The van der Waals surface area contributed by atoms with Crippen molar-refractivity contribution in [2.75, 3.05) is 0 Å². The van der Waals surface area contributed by atoms with E-state index in [9.17, 15) is 10.5 Å². The first-order chi connectivity index (χ1) is 40.6. The van der Waals surface area contributed by atoms with Gasteiger partial charge in [0.2, 0.25) is 0 Å². The minimum absolute atomic E-state index is 0.386. The van der Waals surface area contributed by atoms with Gasteiger partial charge in [-0.1, -0.05) is 176 Å². The second-order valence-corrected chi connectivity index (χ2v) is 23.3. The molecule has 8 heteroatoms. The Bertz CT molecular complexity index is 5590. The van der Waals surface area contributed by atoms with E-state index < -0.39 is 0 Å². The van der Waals surface area contributed by atoms with Crippen molar-refractivity contribution in [1.29, 1.82) is 10.5 Å². The highest BCUT2D eigenvalue weighted by Crippen LogP contribution is 2.51. The first kappa shape index (κ1) is 45.2. The van der Waals surface area contributed by atoms with Gasteiger partial charge < -0.3 is 18.0 Å². The number of hydrogen-bond acceptors (Lipinski definition) is 6. The highest BCUT2D eigenvalue weighted by Gasteiger charge is 2.30. The van der Waals surface area contributed by atoms with E-state index in [1.807, 2.05) is 48.5 Å². The van der Waals surface area contributed by atoms with Crippen LogP contribution in [0.3, 0.4) is 0 Å². The fourth-order valence-electron chi connectivity index (χ4n) is 13.6. The summed E-state index contributed by atoms with van der Waals surface area (Å²) in [4.78, 5) is 0. The Morgan fingerprint density at radius 2 is 0.744 bits per heavy atom. The molecule has 0 aliphatic rings. The lowest BCUT2D eigenvalue weighted by molar-refractivity contribution is 0.668. The third-order valence-electron chi connectivity index (χ3n) is 17.0. The third-order valence-corrected chi connectivity index (χ3v) is 19.4. The molecule has 18 aromatic rings. The number of furan rings is 2. The summed E-state index contributed by atoms with van der Waals surface area (Å²) >= 11 is 3.55. The summed E-state index contributed by atoms with van der Waals surface area (Å²) < 4.78 is 22.3. The average Bonchev–Trinajstić information content (AvgIpc) is 2.67. The van der Waals surface area contributed by atoms with Crippen LogP contribution in [0.1, 0.15) is 11.1 Å². The van der Waals surface area contributed by atoms with Gasteiger partial charge in [-0.2, -0.15) is 10.5 Å². The summed E-state index contributed by atoms with van der Waals surface area (Å²) in [6.45, 7) is 0. The number of rotatable bonds is 5. The van der Waals surface area contributed by atoms with Crippen LogP contribution in [0.15, 0.2) is 239 Å². The zero-order valence-corrected chi connectivity index (χ0v) is 45.0. The minimum atomic E-state index is 0.386. The maximum atomic E-state index is 11.9. The predicted molar refractivity (Wildman–Crippen MR) is 341 cm³/mol. The Labute approximate surface area is 474 Å². The quantitative estimate of drug-likeness (QED) is 0.172. The first-order valence-corrected chi connectivity index (χ1v) is 28.9. The van der Waals surface area contributed by atoms with Crippen LogP contribution >= 0.6 is 22.7 Å². The molecule has 82 heavy (non-hydrogen) atoms. The fraction of sp³-hybridized carbons (Fsp3) is 0. The summed E-state index contributed by atoms with van der Waals surface area (Å²) in [5, 5.41) is 36.9. The zero-order valence-electron chi connectivity index (χ0n) is 43.4. The van der Waals surface area contributed by atoms with Gasteiger partial charge >= 0.3 is 0 Å². The Morgan fingerprint density at radius 3 is 1.23 bits per heavy atom. The lowest BCUT2D eigenvalue weighted by Gasteiger charge is -2.23. The molecule has 0 amide bonds. The van der Waals surface area contributed by atoms with E-state index in [0.717, 1.165) is 141 Å². The van der Waals surface area contributed by atoms with Gasteiger partial charge in [-0.05, 0) is 82.4 Å². The standard InChI is InChI=1S/C74H38N4O2S2/c75-39-44-36-45(40-76)70(78-59-38-43(47-21-13-25-63-68(47)57-19-5-9-23-61(57)80-63)29-31-49(59)53-33-35-55-51-17-7-11-27-65(51)82-74(55)72(53)78)66(41-14-2-1-3-15-41)69(44)77-58-37-42(46-20-12-24-62-67(46)56-18-4-8-22-60(56)79-62)28-30-48(58)52-32-34-54-50-16-6-10-26-64(50)81-73(54)71(52)77/h1-38H.